The van der Waals surface area contributed by atoms with Crippen molar-refractivity contribution in [3.05, 3.63) is 21.3 Å². The molecule has 0 bridgehead atoms. The third-order valence-corrected chi connectivity index (χ3v) is 3.59. The van der Waals surface area contributed by atoms with Gasteiger partial charge in [-0.25, -0.2) is 0 Å². The average Bonchev–Trinajstić information content (AvgIpc) is 2.61. The fourth-order valence-electron chi connectivity index (χ4n) is 1.47. The lowest BCUT2D eigenvalue weighted by Crippen LogP contribution is -2.36. The normalized spacial score (nSPS) is 15.2. The van der Waals surface area contributed by atoms with E-state index in [2.05, 4.69) is 18.3 Å². The second kappa shape index (κ2) is 6.48. The SMILES string of the molecule is CC(CO)NC(C)CCc1ccc(Cl)s1. The van der Waals surface area contributed by atoms with Gasteiger partial charge in [0.05, 0.1) is 10.9 Å². The first-order valence-corrected chi connectivity index (χ1v) is 6.42. The Labute approximate surface area is 100 Å². The van der Waals surface area contributed by atoms with Crippen LogP contribution in [0.25, 0.3) is 0 Å². The maximum Gasteiger partial charge on any atom is 0.0931 e. The van der Waals surface area contributed by atoms with Gasteiger partial charge in [-0.3, -0.25) is 0 Å². The van der Waals surface area contributed by atoms with Gasteiger partial charge in [0.1, 0.15) is 0 Å². The second-order valence-electron chi connectivity index (χ2n) is 3.90. The van der Waals surface area contributed by atoms with E-state index in [9.17, 15) is 0 Å². The first kappa shape index (κ1) is 13.0. The lowest BCUT2D eigenvalue weighted by atomic mass is 10.1. The zero-order chi connectivity index (χ0) is 11.3. The minimum Gasteiger partial charge on any atom is -0.395 e. The van der Waals surface area contributed by atoms with E-state index in [0.29, 0.717) is 6.04 Å². The van der Waals surface area contributed by atoms with Gasteiger partial charge in [-0.2, -0.15) is 0 Å². The van der Waals surface area contributed by atoms with E-state index in [1.54, 1.807) is 11.3 Å². The molecule has 0 aliphatic heterocycles. The van der Waals surface area contributed by atoms with Gasteiger partial charge in [0.2, 0.25) is 0 Å². The van der Waals surface area contributed by atoms with Crippen LogP contribution in [0.4, 0.5) is 0 Å². The first-order valence-electron chi connectivity index (χ1n) is 5.23. The molecule has 0 aliphatic carbocycles. The Hall–Kier alpha value is -0.0900. The van der Waals surface area contributed by atoms with Gasteiger partial charge in [0.15, 0.2) is 0 Å². The highest BCUT2D eigenvalue weighted by atomic mass is 35.5. The third-order valence-electron chi connectivity index (χ3n) is 2.30. The minimum absolute atomic E-state index is 0.173. The molecule has 86 valence electrons. The highest BCUT2D eigenvalue weighted by Crippen LogP contribution is 2.22. The highest BCUT2D eigenvalue weighted by molar-refractivity contribution is 7.16. The largest absolute Gasteiger partial charge is 0.395 e. The van der Waals surface area contributed by atoms with E-state index in [1.165, 1.54) is 4.88 Å². The fourth-order valence-corrected chi connectivity index (χ4v) is 2.57. The number of aliphatic hydroxyl groups excluding tert-OH is 1. The number of halogens is 1. The number of hydrogen-bond acceptors (Lipinski definition) is 3. The lowest BCUT2D eigenvalue weighted by Gasteiger charge is -2.17. The molecule has 0 aliphatic rings. The highest BCUT2D eigenvalue weighted by Gasteiger charge is 2.07. The van der Waals surface area contributed by atoms with Crippen LogP contribution in [-0.4, -0.2) is 23.8 Å². The van der Waals surface area contributed by atoms with E-state index < -0.39 is 0 Å². The van der Waals surface area contributed by atoms with E-state index >= 15 is 0 Å². The Bertz CT molecular complexity index is 290. The van der Waals surface area contributed by atoms with Crippen LogP contribution < -0.4 is 5.32 Å². The molecule has 1 aromatic rings. The van der Waals surface area contributed by atoms with Crippen molar-refractivity contribution in [2.75, 3.05) is 6.61 Å². The van der Waals surface area contributed by atoms with Crippen molar-refractivity contribution in [1.29, 1.82) is 0 Å². The quantitative estimate of drug-likeness (QED) is 0.810. The summed E-state index contributed by atoms with van der Waals surface area (Å²) < 4.78 is 0.856. The number of aryl methyl sites for hydroxylation is 1. The van der Waals surface area contributed by atoms with Crippen LogP contribution >= 0.6 is 22.9 Å². The van der Waals surface area contributed by atoms with Crippen LogP contribution in [0.3, 0.4) is 0 Å². The molecule has 15 heavy (non-hydrogen) atoms. The first-order chi connectivity index (χ1) is 7.11. The van der Waals surface area contributed by atoms with Crippen molar-refractivity contribution >= 4 is 22.9 Å². The molecule has 1 heterocycles. The summed E-state index contributed by atoms with van der Waals surface area (Å²) >= 11 is 7.49. The molecule has 0 saturated heterocycles. The van der Waals surface area contributed by atoms with Crippen molar-refractivity contribution in [2.45, 2.75) is 38.8 Å². The molecule has 0 aromatic carbocycles. The molecule has 2 nitrogen and oxygen atoms in total. The Balaban J connectivity index is 2.25. The van der Waals surface area contributed by atoms with Gasteiger partial charge < -0.3 is 10.4 Å². The summed E-state index contributed by atoms with van der Waals surface area (Å²) in [5.74, 6) is 0. The molecule has 1 rings (SSSR count). The molecule has 2 unspecified atom stereocenters. The van der Waals surface area contributed by atoms with E-state index in [0.717, 1.165) is 17.2 Å². The fraction of sp³-hybridized carbons (Fsp3) is 0.636. The molecule has 1 aromatic heterocycles. The van der Waals surface area contributed by atoms with Gasteiger partial charge >= 0.3 is 0 Å². The zero-order valence-corrected chi connectivity index (χ0v) is 10.7. The molecule has 0 saturated carbocycles. The summed E-state index contributed by atoms with van der Waals surface area (Å²) in [4.78, 5) is 1.32. The minimum atomic E-state index is 0.173. The summed E-state index contributed by atoms with van der Waals surface area (Å²) in [6.07, 6.45) is 2.12. The van der Waals surface area contributed by atoms with Crippen molar-refractivity contribution in [3.8, 4) is 0 Å². The number of thiophene rings is 1. The van der Waals surface area contributed by atoms with Crippen LogP contribution in [0.5, 0.6) is 0 Å². The van der Waals surface area contributed by atoms with E-state index in [-0.39, 0.29) is 12.6 Å². The summed E-state index contributed by atoms with van der Waals surface area (Å²) in [6, 6.07) is 4.62. The van der Waals surface area contributed by atoms with E-state index in [4.69, 9.17) is 16.7 Å². The summed E-state index contributed by atoms with van der Waals surface area (Å²) in [5.41, 5.74) is 0. The summed E-state index contributed by atoms with van der Waals surface area (Å²) in [6.45, 7) is 4.31. The maximum absolute atomic E-state index is 8.89. The van der Waals surface area contributed by atoms with Crippen molar-refractivity contribution in [2.24, 2.45) is 0 Å². The number of aliphatic hydroxyl groups is 1. The zero-order valence-electron chi connectivity index (χ0n) is 9.16. The Morgan fingerprint density at radius 1 is 1.40 bits per heavy atom. The smallest absolute Gasteiger partial charge is 0.0931 e. The van der Waals surface area contributed by atoms with Crippen LogP contribution in [0.2, 0.25) is 4.34 Å². The average molecular weight is 248 g/mol. The molecule has 2 N–H and O–H groups in total. The van der Waals surface area contributed by atoms with Gasteiger partial charge in [-0.05, 0) is 38.8 Å². The predicted octanol–water partition coefficient (Wildman–Crippen LogP) is 2.69. The van der Waals surface area contributed by atoms with Crippen LogP contribution in [0.1, 0.15) is 25.1 Å². The molecule has 2 atom stereocenters. The van der Waals surface area contributed by atoms with E-state index in [1.807, 2.05) is 13.0 Å². The number of nitrogens with one attached hydrogen (secondary N) is 1. The topological polar surface area (TPSA) is 32.3 Å². The maximum atomic E-state index is 8.89. The van der Waals surface area contributed by atoms with Gasteiger partial charge in [0, 0.05) is 17.0 Å². The summed E-state index contributed by atoms with van der Waals surface area (Å²) in [5, 5.41) is 12.2. The number of rotatable bonds is 6. The standard InChI is InChI=1S/C11H18ClNOS/c1-8(13-9(2)7-14)3-4-10-5-6-11(12)15-10/h5-6,8-9,13-14H,3-4,7H2,1-2H3. The van der Waals surface area contributed by atoms with Gasteiger partial charge in [-0.15, -0.1) is 11.3 Å². The van der Waals surface area contributed by atoms with Gasteiger partial charge in [-0.1, -0.05) is 11.6 Å². The molecule has 0 spiro atoms. The molecular weight excluding hydrogens is 230 g/mol. The third kappa shape index (κ3) is 4.98. The molecule has 4 heteroatoms. The van der Waals surface area contributed by atoms with Crippen LogP contribution in [-0.2, 0) is 6.42 Å². The monoisotopic (exact) mass is 247 g/mol. The van der Waals surface area contributed by atoms with Gasteiger partial charge in [0.25, 0.3) is 0 Å². The Morgan fingerprint density at radius 3 is 2.67 bits per heavy atom. The Kier molecular flexibility index (Phi) is 5.61. The lowest BCUT2D eigenvalue weighted by molar-refractivity contribution is 0.241. The van der Waals surface area contributed by atoms with Crippen molar-refractivity contribution < 1.29 is 5.11 Å². The van der Waals surface area contributed by atoms with Crippen LogP contribution in [0, 0.1) is 0 Å². The Morgan fingerprint density at radius 2 is 2.13 bits per heavy atom. The van der Waals surface area contributed by atoms with Crippen molar-refractivity contribution in [1.82, 2.24) is 5.32 Å². The predicted molar refractivity (Wildman–Crippen MR) is 66.8 cm³/mol. The summed E-state index contributed by atoms with van der Waals surface area (Å²) in [7, 11) is 0. The second-order valence-corrected chi connectivity index (χ2v) is 5.70. The molecular formula is C11H18ClNOS. The molecule has 0 radical (unpaired) electrons. The van der Waals surface area contributed by atoms with Crippen molar-refractivity contribution in [3.63, 3.8) is 0 Å². The van der Waals surface area contributed by atoms with Crippen LogP contribution in [0.15, 0.2) is 12.1 Å². The molecule has 0 amide bonds. The number of hydrogen-bond donors (Lipinski definition) is 2. The molecule has 0 fully saturated rings.